The zero-order valence-corrected chi connectivity index (χ0v) is 13.5. The summed E-state index contributed by atoms with van der Waals surface area (Å²) in [5, 5.41) is 0.164. The van der Waals surface area contributed by atoms with Crippen LogP contribution in [0.5, 0.6) is 5.75 Å². The normalized spacial score (nSPS) is 18.9. The lowest BCUT2D eigenvalue weighted by Crippen LogP contribution is -2.50. The molecule has 1 aliphatic heterocycles. The van der Waals surface area contributed by atoms with E-state index in [0.717, 1.165) is 4.31 Å². The molecule has 1 amide bonds. The molecule has 0 saturated carbocycles. The Morgan fingerprint density at radius 2 is 2.00 bits per heavy atom. The molecule has 2 rings (SSSR count). The molecule has 2 N–H and O–H groups in total. The number of ether oxygens (including phenoxy) is 1. The zero-order valence-electron chi connectivity index (χ0n) is 11.9. The summed E-state index contributed by atoms with van der Waals surface area (Å²) in [5.41, 5.74) is 2.86. The van der Waals surface area contributed by atoms with Crippen molar-refractivity contribution in [2.45, 2.75) is 23.4 Å². The maximum Gasteiger partial charge on any atom is 0.255 e. The van der Waals surface area contributed by atoms with Crippen molar-refractivity contribution in [1.29, 1.82) is 0 Å². The number of alkyl halides is 1. The summed E-state index contributed by atoms with van der Waals surface area (Å²) in [5.74, 6) is -0.701. The van der Waals surface area contributed by atoms with E-state index in [-0.39, 0.29) is 35.8 Å². The number of carbonyl (C=O) groups excluding carboxylic acids is 1. The number of nitrogens with two attached hydrogens (primary N) is 1. The SMILES string of the molecule is COc1ccc(S(=O)(=O)N2CCC(F)(C(N)=O)CC2)cc1Cl. The van der Waals surface area contributed by atoms with E-state index in [9.17, 15) is 17.6 Å². The number of carbonyl (C=O) groups is 1. The van der Waals surface area contributed by atoms with Crippen LogP contribution in [-0.2, 0) is 14.8 Å². The number of piperidine rings is 1. The van der Waals surface area contributed by atoms with Gasteiger partial charge in [0.2, 0.25) is 10.0 Å². The molecule has 1 saturated heterocycles. The van der Waals surface area contributed by atoms with Gasteiger partial charge >= 0.3 is 0 Å². The molecule has 1 aromatic carbocycles. The number of methoxy groups -OCH3 is 1. The molecule has 22 heavy (non-hydrogen) atoms. The second kappa shape index (κ2) is 6.02. The second-order valence-electron chi connectivity index (χ2n) is 5.03. The van der Waals surface area contributed by atoms with Gasteiger partial charge in [0.1, 0.15) is 5.75 Å². The molecule has 0 bridgehead atoms. The first kappa shape index (κ1) is 17.0. The quantitative estimate of drug-likeness (QED) is 0.887. The van der Waals surface area contributed by atoms with E-state index in [1.165, 1.54) is 25.3 Å². The van der Waals surface area contributed by atoms with Crippen molar-refractivity contribution >= 4 is 27.5 Å². The third-order valence-electron chi connectivity index (χ3n) is 3.72. The summed E-state index contributed by atoms with van der Waals surface area (Å²) >= 11 is 5.93. The summed E-state index contributed by atoms with van der Waals surface area (Å²) in [7, 11) is -2.39. The van der Waals surface area contributed by atoms with Crippen LogP contribution in [0.3, 0.4) is 0 Å². The lowest BCUT2D eigenvalue weighted by atomic mass is 9.94. The van der Waals surface area contributed by atoms with Crippen molar-refractivity contribution in [3.63, 3.8) is 0 Å². The molecule has 1 aliphatic rings. The molecule has 0 atom stereocenters. The van der Waals surface area contributed by atoms with Crippen molar-refractivity contribution in [2.24, 2.45) is 5.73 Å². The monoisotopic (exact) mass is 350 g/mol. The molecule has 9 heteroatoms. The number of halogens is 2. The van der Waals surface area contributed by atoms with Gasteiger partial charge in [0.05, 0.1) is 17.0 Å². The van der Waals surface area contributed by atoms with Gasteiger partial charge in [-0.25, -0.2) is 12.8 Å². The molecule has 0 unspecified atom stereocenters. The van der Waals surface area contributed by atoms with Gasteiger partial charge in [0, 0.05) is 25.9 Å². The van der Waals surface area contributed by atoms with Crippen LogP contribution in [-0.4, -0.2) is 44.5 Å². The molecule has 0 spiro atoms. The molecular weight excluding hydrogens is 335 g/mol. The molecule has 0 aliphatic carbocycles. The highest BCUT2D eigenvalue weighted by Gasteiger charge is 2.43. The molecule has 122 valence electrons. The van der Waals surface area contributed by atoms with Gasteiger partial charge in [0.25, 0.3) is 5.91 Å². The maximum absolute atomic E-state index is 14.1. The standard InChI is InChI=1S/C13H16ClFN2O4S/c1-21-11-3-2-9(8-10(11)14)22(19,20)17-6-4-13(15,5-7-17)12(16)18/h2-3,8H,4-7H2,1H3,(H2,16,18). The van der Waals surface area contributed by atoms with Gasteiger partial charge in [-0.2, -0.15) is 4.31 Å². The van der Waals surface area contributed by atoms with Gasteiger partial charge in [-0.05, 0) is 18.2 Å². The average Bonchev–Trinajstić information content (AvgIpc) is 2.47. The van der Waals surface area contributed by atoms with Crippen molar-refractivity contribution in [3.8, 4) is 5.75 Å². The Morgan fingerprint density at radius 1 is 1.41 bits per heavy atom. The molecule has 6 nitrogen and oxygen atoms in total. The largest absolute Gasteiger partial charge is 0.495 e. The Labute approximate surface area is 133 Å². The van der Waals surface area contributed by atoms with E-state index >= 15 is 0 Å². The first-order valence-electron chi connectivity index (χ1n) is 6.53. The minimum absolute atomic E-state index is 0.0104. The summed E-state index contributed by atoms with van der Waals surface area (Å²) < 4.78 is 45.2. The number of hydrogen-bond acceptors (Lipinski definition) is 4. The van der Waals surface area contributed by atoms with E-state index in [1.54, 1.807) is 0 Å². The number of rotatable bonds is 4. The fourth-order valence-electron chi connectivity index (χ4n) is 2.28. The Hall–Kier alpha value is -1.38. The lowest BCUT2D eigenvalue weighted by molar-refractivity contribution is -0.131. The Morgan fingerprint density at radius 3 is 2.45 bits per heavy atom. The first-order chi connectivity index (χ1) is 10.2. The van der Waals surface area contributed by atoms with E-state index in [2.05, 4.69) is 0 Å². The minimum atomic E-state index is -3.81. The number of hydrogen-bond donors (Lipinski definition) is 1. The van der Waals surface area contributed by atoms with Crippen LogP contribution in [0, 0.1) is 0 Å². The summed E-state index contributed by atoms with van der Waals surface area (Å²) in [6.07, 6.45) is -0.517. The van der Waals surface area contributed by atoms with Crippen LogP contribution in [0.1, 0.15) is 12.8 Å². The van der Waals surface area contributed by atoms with Gasteiger partial charge < -0.3 is 10.5 Å². The minimum Gasteiger partial charge on any atom is -0.495 e. The fourth-order valence-corrected chi connectivity index (χ4v) is 4.07. The van der Waals surface area contributed by atoms with Gasteiger partial charge in [-0.1, -0.05) is 11.6 Å². The van der Waals surface area contributed by atoms with Crippen LogP contribution in [0.4, 0.5) is 4.39 Å². The maximum atomic E-state index is 14.1. The zero-order chi connectivity index (χ0) is 16.5. The highest BCUT2D eigenvalue weighted by molar-refractivity contribution is 7.89. The number of benzene rings is 1. The average molecular weight is 351 g/mol. The molecule has 1 fully saturated rings. The fraction of sp³-hybridized carbons (Fsp3) is 0.462. The first-order valence-corrected chi connectivity index (χ1v) is 8.35. The van der Waals surface area contributed by atoms with Crippen molar-refractivity contribution in [2.75, 3.05) is 20.2 Å². The smallest absolute Gasteiger partial charge is 0.255 e. The van der Waals surface area contributed by atoms with Crippen molar-refractivity contribution < 1.29 is 22.3 Å². The number of amides is 1. The summed E-state index contributed by atoms with van der Waals surface area (Å²) in [4.78, 5) is 11.1. The number of nitrogens with zero attached hydrogens (tertiary/aromatic N) is 1. The van der Waals surface area contributed by atoms with Gasteiger partial charge in [0.15, 0.2) is 5.67 Å². The molecule has 1 heterocycles. The van der Waals surface area contributed by atoms with Crippen LogP contribution < -0.4 is 10.5 Å². The molecule has 0 aromatic heterocycles. The number of sulfonamides is 1. The predicted octanol–water partition coefficient (Wildman–Crippen LogP) is 1.33. The highest BCUT2D eigenvalue weighted by Crippen LogP contribution is 2.32. The van der Waals surface area contributed by atoms with Crippen LogP contribution in [0.25, 0.3) is 0 Å². The molecular formula is C13H16ClFN2O4S. The predicted molar refractivity (Wildman–Crippen MR) is 79.0 cm³/mol. The van der Waals surface area contributed by atoms with E-state index in [4.69, 9.17) is 22.1 Å². The van der Waals surface area contributed by atoms with E-state index in [0.29, 0.717) is 5.75 Å². The van der Waals surface area contributed by atoms with Crippen LogP contribution in [0.15, 0.2) is 23.1 Å². The van der Waals surface area contributed by atoms with Gasteiger partial charge in [-0.15, -0.1) is 0 Å². The van der Waals surface area contributed by atoms with Crippen molar-refractivity contribution in [3.05, 3.63) is 23.2 Å². The summed E-state index contributed by atoms with van der Waals surface area (Å²) in [6, 6.07) is 4.09. The second-order valence-corrected chi connectivity index (χ2v) is 7.38. The highest BCUT2D eigenvalue weighted by atomic mass is 35.5. The Balaban J connectivity index is 2.22. The van der Waals surface area contributed by atoms with Crippen LogP contribution >= 0.6 is 11.6 Å². The van der Waals surface area contributed by atoms with Crippen LogP contribution in [0.2, 0.25) is 5.02 Å². The molecule has 0 radical (unpaired) electrons. The lowest BCUT2D eigenvalue weighted by Gasteiger charge is -2.33. The topological polar surface area (TPSA) is 89.7 Å². The van der Waals surface area contributed by atoms with E-state index < -0.39 is 21.6 Å². The molecule has 1 aromatic rings. The number of primary amides is 1. The third-order valence-corrected chi connectivity index (χ3v) is 5.91. The van der Waals surface area contributed by atoms with Crippen molar-refractivity contribution in [1.82, 2.24) is 4.31 Å². The Kier molecular flexibility index (Phi) is 4.65. The van der Waals surface area contributed by atoms with E-state index in [1.807, 2.05) is 0 Å². The third kappa shape index (κ3) is 3.04. The Bertz CT molecular complexity index is 687. The van der Waals surface area contributed by atoms with Gasteiger partial charge in [-0.3, -0.25) is 4.79 Å². The summed E-state index contributed by atoms with van der Waals surface area (Å²) in [6.45, 7) is -0.239.